The lowest BCUT2D eigenvalue weighted by atomic mass is 9.91. The summed E-state index contributed by atoms with van der Waals surface area (Å²) in [6.07, 6.45) is 1.74. The van der Waals surface area contributed by atoms with Crippen molar-refractivity contribution in [2.45, 2.75) is 37.6 Å². The lowest BCUT2D eigenvalue weighted by Crippen LogP contribution is -2.59. The summed E-state index contributed by atoms with van der Waals surface area (Å²) in [6, 6.07) is 5.90. The molecule has 3 aliphatic heterocycles. The maximum atomic E-state index is 12.4. The van der Waals surface area contributed by atoms with Gasteiger partial charge in [-0.05, 0) is 26.0 Å². The first-order chi connectivity index (χ1) is 11.6. The van der Waals surface area contributed by atoms with E-state index in [9.17, 15) is 9.59 Å². The number of cyclic esters (lactones) is 1. The molecule has 2 bridgehead atoms. The molecule has 0 aromatic heterocycles. The van der Waals surface area contributed by atoms with Crippen molar-refractivity contribution in [2.24, 2.45) is 0 Å². The summed E-state index contributed by atoms with van der Waals surface area (Å²) >= 11 is 0. The molecular weight excluding hydrogens is 310 g/mol. The number of amides is 2. The van der Waals surface area contributed by atoms with E-state index in [1.807, 2.05) is 12.1 Å². The summed E-state index contributed by atoms with van der Waals surface area (Å²) in [6.45, 7) is 1.69. The standard InChI is InChI=1S/C17H21N3O4/c1-20-12-5-11(6-13(20)9-23-8-12)18-17(22)19-14-4-2-3-10-7-24-16(21)15(10)14/h2-4,11-13H,5-9H2,1H3,(H2,18,19,22). The summed E-state index contributed by atoms with van der Waals surface area (Å²) < 4.78 is 10.6. The van der Waals surface area contributed by atoms with Crippen molar-refractivity contribution in [1.82, 2.24) is 10.2 Å². The highest BCUT2D eigenvalue weighted by atomic mass is 16.5. The quantitative estimate of drug-likeness (QED) is 0.800. The number of hydrogen-bond acceptors (Lipinski definition) is 5. The number of hydrogen-bond donors (Lipinski definition) is 2. The van der Waals surface area contributed by atoms with E-state index in [2.05, 4.69) is 22.6 Å². The van der Waals surface area contributed by atoms with E-state index in [1.54, 1.807) is 6.07 Å². The molecule has 3 aliphatic rings. The van der Waals surface area contributed by atoms with Crippen molar-refractivity contribution < 1.29 is 19.1 Å². The topological polar surface area (TPSA) is 79.9 Å². The monoisotopic (exact) mass is 331 g/mol. The van der Waals surface area contributed by atoms with Crippen LogP contribution in [0.4, 0.5) is 10.5 Å². The first kappa shape index (κ1) is 15.4. The van der Waals surface area contributed by atoms with Crippen LogP contribution in [0.5, 0.6) is 0 Å². The maximum absolute atomic E-state index is 12.4. The number of rotatable bonds is 2. The Morgan fingerprint density at radius 1 is 1.25 bits per heavy atom. The maximum Gasteiger partial charge on any atom is 0.341 e. The second kappa shape index (κ2) is 6.07. The third-order valence-electron chi connectivity index (χ3n) is 5.18. The second-order valence-corrected chi connectivity index (χ2v) is 6.69. The zero-order valence-electron chi connectivity index (χ0n) is 13.6. The van der Waals surface area contributed by atoms with Gasteiger partial charge < -0.3 is 20.1 Å². The number of anilines is 1. The SMILES string of the molecule is CN1C2COCC1CC(NC(=O)Nc1cccc3c1C(=O)OC3)C2. The van der Waals surface area contributed by atoms with Gasteiger partial charge in [-0.25, -0.2) is 9.59 Å². The third kappa shape index (κ3) is 2.74. The fraction of sp³-hybridized carbons (Fsp3) is 0.529. The first-order valence-corrected chi connectivity index (χ1v) is 8.28. The highest BCUT2D eigenvalue weighted by Gasteiger charge is 2.37. The summed E-state index contributed by atoms with van der Waals surface area (Å²) in [4.78, 5) is 26.5. The number of carbonyl (C=O) groups excluding carboxylic acids is 2. The molecule has 0 aliphatic carbocycles. The van der Waals surface area contributed by atoms with Gasteiger partial charge in [0.05, 0.1) is 24.5 Å². The number of piperidine rings is 1. The van der Waals surface area contributed by atoms with Crippen LogP contribution < -0.4 is 10.6 Å². The molecule has 7 nitrogen and oxygen atoms in total. The van der Waals surface area contributed by atoms with E-state index in [0.29, 0.717) is 36.5 Å². The van der Waals surface area contributed by atoms with Crippen LogP contribution in [0.25, 0.3) is 0 Å². The number of morpholine rings is 1. The van der Waals surface area contributed by atoms with Gasteiger partial charge >= 0.3 is 12.0 Å². The fourth-order valence-electron chi connectivity index (χ4n) is 3.84. The van der Waals surface area contributed by atoms with Gasteiger partial charge in [-0.3, -0.25) is 4.90 Å². The molecule has 1 aromatic carbocycles. The molecule has 7 heteroatoms. The molecule has 2 saturated heterocycles. The molecule has 4 rings (SSSR count). The van der Waals surface area contributed by atoms with E-state index >= 15 is 0 Å². The Bertz CT molecular complexity index is 664. The number of ether oxygens (including phenoxy) is 2. The van der Waals surface area contributed by atoms with Gasteiger partial charge in [0.1, 0.15) is 6.61 Å². The number of likely N-dealkylation sites (N-methyl/N-ethyl adjacent to an activating group) is 1. The molecule has 1 aromatic rings. The van der Waals surface area contributed by atoms with Gasteiger partial charge in [0.2, 0.25) is 0 Å². The molecule has 0 radical (unpaired) electrons. The van der Waals surface area contributed by atoms with Crippen LogP contribution in [0.1, 0.15) is 28.8 Å². The molecular formula is C17H21N3O4. The normalized spacial score (nSPS) is 28.9. The molecule has 2 fully saturated rings. The Morgan fingerprint density at radius 2 is 2.00 bits per heavy atom. The van der Waals surface area contributed by atoms with Crippen molar-refractivity contribution in [1.29, 1.82) is 0 Å². The van der Waals surface area contributed by atoms with E-state index in [1.165, 1.54) is 0 Å². The molecule has 128 valence electrons. The Labute approximate surface area is 140 Å². The Morgan fingerprint density at radius 3 is 2.75 bits per heavy atom. The van der Waals surface area contributed by atoms with E-state index in [4.69, 9.17) is 9.47 Å². The highest BCUT2D eigenvalue weighted by Crippen LogP contribution is 2.28. The van der Waals surface area contributed by atoms with E-state index < -0.39 is 0 Å². The average Bonchev–Trinajstić information content (AvgIpc) is 2.91. The van der Waals surface area contributed by atoms with Gasteiger partial charge in [-0.1, -0.05) is 12.1 Å². The minimum atomic E-state index is -0.383. The van der Waals surface area contributed by atoms with Gasteiger partial charge in [0.25, 0.3) is 0 Å². The Balaban J connectivity index is 1.41. The van der Waals surface area contributed by atoms with E-state index in [0.717, 1.165) is 18.4 Å². The molecule has 0 spiro atoms. The van der Waals surface area contributed by atoms with Crippen LogP contribution in [0, 0.1) is 0 Å². The number of esters is 1. The molecule has 3 heterocycles. The number of carbonyl (C=O) groups is 2. The van der Waals surface area contributed by atoms with Crippen LogP contribution in [-0.2, 0) is 16.1 Å². The number of fused-ring (bicyclic) bond motifs is 3. The first-order valence-electron chi connectivity index (χ1n) is 8.28. The lowest BCUT2D eigenvalue weighted by molar-refractivity contribution is -0.0666. The molecule has 24 heavy (non-hydrogen) atoms. The fourth-order valence-corrected chi connectivity index (χ4v) is 3.84. The smallest absolute Gasteiger partial charge is 0.341 e. The largest absolute Gasteiger partial charge is 0.457 e. The molecule has 0 saturated carbocycles. The zero-order valence-corrected chi connectivity index (χ0v) is 13.6. The van der Waals surface area contributed by atoms with E-state index in [-0.39, 0.29) is 24.6 Å². The lowest BCUT2D eigenvalue weighted by Gasteiger charge is -2.46. The highest BCUT2D eigenvalue weighted by molar-refractivity contribution is 6.03. The summed E-state index contributed by atoms with van der Waals surface area (Å²) in [5.74, 6) is -0.383. The summed E-state index contributed by atoms with van der Waals surface area (Å²) in [5.41, 5.74) is 1.77. The number of urea groups is 1. The van der Waals surface area contributed by atoms with Crippen LogP contribution in [0.2, 0.25) is 0 Å². The van der Waals surface area contributed by atoms with Crippen LogP contribution in [-0.4, -0.2) is 55.3 Å². The number of nitrogens with one attached hydrogen (secondary N) is 2. The number of nitrogens with zero attached hydrogens (tertiary/aromatic N) is 1. The number of benzene rings is 1. The van der Waals surface area contributed by atoms with Crippen LogP contribution in [0.3, 0.4) is 0 Å². The van der Waals surface area contributed by atoms with Gasteiger partial charge in [0, 0.05) is 23.7 Å². The molecule has 2 atom stereocenters. The molecule has 2 unspecified atom stereocenters. The zero-order chi connectivity index (χ0) is 16.7. The van der Waals surface area contributed by atoms with Gasteiger partial charge in [0.15, 0.2) is 0 Å². The Kier molecular flexibility index (Phi) is 3.90. The van der Waals surface area contributed by atoms with Gasteiger partial charge in [-0.15, -0.1) is 0 Å². The van der Waals surface area contributed by atoms with Crippen molar-refractivity contribution >= 4 is 17.7 Å². The average molecular weight is 331 g/mol. The predicted octanol–water partition coefficient (Wildman–Crippen LogP) is 1.34. The minimum absolute atomic E-state index is 0.115. The van der Waals surface area contributed by atoms with Crippen LogP contribution >= 0.6 is 0 Å². The molecule has 2 amide bonds. The molecule has 2 N–H and O–H groups in total. The predicted molar refractivity (Wildman–Crippen MR) is 86.9 cm³/mol. The van der Waals surface area contributed by atoms with Crippen molar-refractivity contribution in [3.05, 3.63) is 29.3 Å². The van der Waals surface area contributed by atoms with Gasteiger partial charge in [-0.2, -0.15) is 0 Å². The van der Waals surface area contributed by atoms with Crippen molar-refractivity contribution in [3.8, 4) is 0 Å². The minimum Gasteiger partial charge on any atom is -0.457 e. The Hall–Kier alpha value is -2.12. The second-order valence-electron chi connectivity index (χ2n) is 6.69. The van der Waals surface area contributed by atoms with Crippen LogP contribution in [0.15, 0.2) is 18.2 Å². The van der Waals surface area contributed by atoms with Crippen molar-refractivity contribution in [2.75, 3.05) is 25.6 Å². The third-order valence-corrected chi connectivity index (χ3v) is 5.18. The van der Waals surface area contributed by atoms with Crippen molar-refractivity contribution in [3.63, 3.8) is 0 Å². The summed E-state index contributed by atoms with van der Waals surface area (Å²) in [5, 5.41) is 5.84. The summed E-state index contributed by atoms with van der Waals surface area (Å²) in [7, 11) is 2.12.